The largest absolute Gasteiger partial charge is 0.418 e. The van der Waals surface area contributed by atoms with E-state index >= 15 is 0 Å². The molecule has 122 valence electrons. The lowest BCUT2D eigenvalue weighted by atomic mass is 10.2. The van der Waals surface area contributed by atoms with Crippen LogP contribution in [0.2, 0.25) is 0 Å². The Hall–Kier alpha value is -2.55. The van der Waals surface area contributed by atoms with Crippen molar-refractivity contribution >= 4 is 28.8 Å². The second-order valence-corrected chi connectivity index (χ2v) is 5.32. The first-order valence-corrected chi connectivity index (χ1v) is 7.28. The van der Waals surface area contributed by atoms with Crippen molar-refractivity contribution in [2.45, 2.75) is 6.18 Å². The second kappa shape index (κ2) is 7.14. The molecule has 1 aromatic carbocycles. The van der Waals surface area contributed by atoms with E-state index in [-0.39, 0.29) is 12.2 Å². The van der Waals surface area contributed by atoms with Crippen LogP contribution in [0.25, 0.3) is 0 Å². The number of benzene rings is 1. The average Bonchev–Trinajstić information content (AvgIpc) is 3.04. The Morgan fingerprint density at radius 3 is 2.48 bits per heavy atom. The number of carbonyl (C=O) groups excluding carboxylic acids is 2. The van der Waals surface area contributed by atoms with Crippen molar-refractivity contribution in [2.75, 3.05) is 12.0 Å². The topological polar surface area (TPSA) is 70.2 Å². The first-order chi connectivity index (χ1) is 10.9. The molecule has 0 atom stereocenters. The quantitative estimate of drug-likeness (QED) is 0.731. The fraction of sp³-hybridized carbons (Fsp3) is 0.143. The number of para-hydroxylation sites is 1. The van der Waals surface area contributed by atoms with Gasteiger partial charge in [0.1, 0.15) is 0 Å². The van der Waals surface area contributed by atoms with Crippen molar-refractivity contribution < 1.29 is 22.8 Å². The Kier molecular flexibility index (Phi) is 5.22. The number of hydrogen-bond donors (Lipinski definition) is 3. The van der Waals surface area contributed by atoms with Crippen molar-refractivity contribution in [3.8, 4) is 0 Å². The monoisotopic (exact) mass is 343 g/mol. The summed E-state index contributed by atoms with van der Waals surface area (Å²) in [6.45, 7) is -0.363. The zero-order valence-corrected chi connectivity index (χ0v) is 12.4. The van der Waals surface area contributed by atoms with Crippen LogP contribution >= 0.6 is 11.3 Å². The first kappa shape index (κ1) is 16.8. The lowest BCUT2D eigenvalue weighted by molar-refractivity contribution is -0.137. The molecule has 0 unspecified atom stereocenters. The van der Waals surface area contributed by atoms with Crippen LogP contribution in [0.4, 0.5) is 18.9 Å². The molecule has 0 saturated carbocycles. The number of hydrogen-bond acceptors (Lipinski definition) is 4. The minimum atomic E-state index is -4.54. The van der Waals surface area contributed by atoms with Crippen molar-refractivity contribution in [2.24, 2.45) is 0 Å². The third-order valence-electron chi connectivity index (χ3n) is 2.72. The van der Waals surface area contributed by atoms with Gasteiger partial charge in [-0.25, -0.2) is 0 Å². The van der Waals surface area contributed by atoms with Gasteiger partial charge in [-0.05, 0) is 23.6 Å². The standard InChI is InChI=1S/C14H12F3N3O2S/c15-14(16,17)9-4-1-2-5-10(9)19-20-12(21)8-18-13(22)11-6-3-7-23-11/h1-7,19H,8H2,(H,18,22)(H,20,21). The van der Waals surface area contributed by atoms with E-state index in [1.54, 1.807) is 17.5 Å². The van der Waals surface area contributed by atoms with E-state index in [1.807, 2.05) is 0 Å². The van der Waals surface area contributed by atoms with Gasteiger partial charge in [0.25, 0.3) is 11.8 Å². The van der Waals surface area contributed by atoms with E-state index < -0.39 is 23.6 Å². The normalized spacial score (nSPS) is 10.9. The smallest absolute Gasteiger partial charge is 0.342 e. The summed E-state index contributed by atoms with van der Waals surface area (Å²) in [5, 5.41) is 4.08. The van der Waals surface area contributed by atoms with Gasteiger partial charge in [-0.3, -0.25) is 20.4 Å². The van der Waals surface area contributed by atoms with Gasteiger partial charge in [0.05, 0.1) is 22.7 Å². The van der Waals surface area contributed by atoms with E-state index in [4.69, 9.17) is 0 Å². The van der Waals surface area contributed by atoms with Crippen molar-refractivity contribution in [3.05, 3.63) is 52.2 Å². The van der Waals surface area contributed by atoms with E-state index in [2.05, 4.69) is 16.2 Å². The average molecular weight is 343 g/mol. The molecule has 0 aliphatic heterocycles. The highest BCUT2D eigenvalue weighted by atomic mass is 32.1. The molecule has 1 aromatic heterocycles. The van der Waals surface area contributed by atoms with Crippen LogP contribution in [-0.2, 0) is 11.0 Å². The molecule has 0 saturated heterocycles. The highest BCUT2D eigenvalue weighted by molar-refractivity contribution is 7.12. The maximum absolute atomic E-state index is 12.8. The Morgan fingerprint density at radius 1 is 1.09 bits per heavy atom. The van der Waals surface area contributed by atoms with Crippen molar-refractivity contribution in [1.29, 1.82) is 0 Å². The summed E-state index contributed by atoms with van der Waals surface area (Å²) >= 11 is 1.21. The molecule has 0 fully saturated rings. The molecule has 3 N–H and O–H groups in total. The van der Waals surface area contributed by atoms with Crippen molar-refractivity contribution in [3.63, 3.8) is 0 Å². The van der Waals surface area contributed by atoms with Crippen LogP contribution in [0.1, 0.15) is 15.2 Å². The van der Waals surface area contributed by atoms with Crippen LogP contribution in [0.3, 0.4) is 0 Å². The molecule has 0 aliphatic rings. The molecule has 2 aromatic rings. The van der Waals surface area contributed by atoms with Crippen LogP contribution in [0.15, 0.2) is 41.8 Å². The van der Waals surface area contributed by atoms with Gasteiger partial charge in [0.2, 0.25) is 0 Å². The molecule has 0 spiro atoms. The van der Waals surface area contributed by atoms with Crippen molar-refractivity contribution in [1.82, 2.24) is 10.7 Å². The molecule has 2 rings (SSSR count). The highest BCUT2D eigenvalue weighted by Crippen LogP contribution is 2.34. The molecule has 23 heavy (non-hydrogen) atoms. The number of amides is 2. The van der Waals surface area contributed by atoms with E-state index in [0.717, 1.165) is 6.07 Å². The van der Waals surface area contributed by atoms with Crippen LogP contribution < -0.4 is 16.2 Å². The maximum atomic E-state index is 12.8. The second-order valence-electron chi connectivity index (χ2n) is 4.38. The molecular formula is C14H12F3N3O2S. The minimum Gasteiger partial charge on any atom is -0.342 e. The third-order valence-corrected chi connectivity index (χ3v) is 3.59. The Bertz CT molecular complexity index is 687. The summed E-state index contributed by atoms with van der Waals surface area (Å²) in [6, 6.07) is 8.02. The number of carbonyl (C=O) groups is 2. The zero-order chi connectivity index (χ0) is 16.9. The van der Waals surface area contributed by atoms with Gasteiger partial charge < -0.3 is 5.32 Å². The number of rotatable bonds is 5. The molecule has 9 heteroatoms. The summed E-state index contributed by atoms with van der Waals surface area (Å²) in [7, 11) is 0. The Labute approximate surface area is 133 Å². The fourth-order valence-corrected chi connectivity index (χ4v) is 2.32. The summed E-state index contributed by atoms with van der Waals surface area (Å²) in [6.07, 6.45) is -4.54. The van der Waals surface area contributed by atoms with Gasteiger partial charge in [0, 0.05) is 0 Å². The van der Waals surface area contributed by atoms with Crippen LogP contribution in [0, 0.1) is 0 Å². The number of thiophene rings is 1. The molecule has 0 radical (unpaired) electrons. The van der Waals surface area contributed by atoms with Gasteiger partial charge in [-0.1, -0.05) is 18.2 Å². The molecular weight excluding hydrogens is 331 g/mol. The van der Waals surface area contributed by atoms with Crippen LogP contribution in [0.5, 0.6) is 0 Å². The summed E-state index contributed by atoms with van der Waals surface area (Å²) in [5.41, 5.74) is 3.14. The summed E-state index contributed by atoms with van der Waals surface area (Å²) < 4.78 is 38.3. The number of alkyl halides is 3. The third kappa shape index (κ3) is 4.71. The predicted octanol–water partition coefficient (Wildman–Crippen LogP) is 2.64. The van der Waals surface area contributed by atoms with Gasteiger partial charge in [-0.15, -0.1) is 11.3 Å². The van der Waals surface area contributed by atoms with Gasteiger partial charge in [-0.2, -0.15) is 13.2 Å². The summed E-state index contributed by atoms with van der Waals surface area (Å²) in [4.78, 5) is 23.6. The Morgan fingerprint density at radius 2 is 1.83 bits per heavy atom. The highest BCUT2D eigenvalue weighted by Gasteiger charge is 2.33. The maximum Gasteiger partial charge on any atom is 0.418 e. The number of nitrogens with one attached hydrogen (secondary N) is 3. The number of hydrazine groups is 1. The molecule has 0 aliphatic carbocycles. The number of anilines is 1. The minimum absolute atomic E-state index is 0.280. The van der Waals surface area contributed by atoms with E-state index in [1.165, 1.54) is 29.5 Å². The summed E-state index contributed by atoms with van der Waals surface area (Å²) in [5.74, 6) is -1.10. The lowest BCUT2D eigenvalue weighted by Crippen LogP contribution is -2.39. The fourth-order valence-electron chi connectivity index (χ4n) is 1.68. The van der Waals surface area contributed by atoms with Crippen LogP contribution in [-0.4, -0.2) is 18.4 Å². The van der Waals surface area contributed by atoms with E-state index in [0.29, 0.717) is 4.88 Å². The molecule has 0 bridgehead atoms. The van der Waals surface area contributed by atoms with Gasteiger partial charge in [0.15, 0.2) is 0 Å². The molecule has 5 nitrogen and oxygen atoms in total. The molecule has 1 heterocycles. The lowest BCUT2D eigenvalue weighted by Gasteiger charge is -2.15. The van der Waals surface area contributed by atoms with E-state index in [9.17, 15) is 22.8 Å². The zero-order valence-electron chi connectivity index (χ0n) is 11.6. The SMILES string of the molecule is O=C(CNC(=O)c1cccs1)NNc1ccccc1C(F)(F)F. The Balaban J connectivity index is 1.87. The predicted molar refractivity (Wildman–Crippen MR) is 79.9 cm³/mol. The molecule has 2 amide bonds. The van der Waals surface area contributed by atoms with Gasteiger partial charge >= 0.3 is 6.18 Å². The number of halogens is 3. The first-order valence-electron chi connectivity index (χ1n) is 6.40.